The molecule has 1 atom stereocenters. The topological polar surface area (TPSA) is 32.8 Å². The second-order valence-electron chi connectivity index (χ2n) is 5.43. The number of esters is 1. The zero-order chi connectivity index (χ0) is 14.4. The third kappa shape index (κ3) is 4.58. The summed E-state index contributed by atoms with van der Waals surface area (Å²) >= 11 is 1.76. The van der Waals surface area contributed by atoms with Crippen molar-refractivity contribution in [1.82, 2.24) is 9.80 Å². The van der Waals surface area contributed by atoms with Crippen LogP contribution in [0.5, 0.6) is 0 Å². The van der Waals surface area contributed by atoms with E-state index in [9.17, 15) is 4.79 Å². The van der Waals surface area contributed by atoms with E-state index in [2.05, 4.69) is 33.6 Å². The monoisotopic (exact) mass is 296 g/mol. The molecule has 5 heteroatoms. The Morgan fingerprint density at radius 1 is 1.40 bits per heavy atom. The molecule has 0 saturated carbocycles. The largest absolute Gasteiger partial charge is 0.468 e. The van der Waals surface area contributed by atoms with Crippen molar-refractivity contribution in [2.45, 2.75) is 25.8 Å². The van der Waals surface area contributed by atoms with Crippen LogP contribution in [-0.2, 0) is 16.0 Å². The predicted molar refractivity (Wildman–Crippen MR) is 82.1 cm³/mol. The molecule has 0 aromatic carbocycles. The second-order valence-corrected chi connectivity index (χ2v) is 6.21. The van der Waals surface area contributed by atoms with E-state index < -0.39 is 0 Å². The van der Waals surface area contributed by atoms with Gasteiger partial charge in [-0.05, 0) is 48.7 Å². The molecule has 0 amide bonds. The first-order valence-corrected chi connectivity index (χ1v) is 8.17. The Hall–Kier alpha value is -0.910. The maximum atomic E-state index is 11.3. The van der Waals surface area contributed by atoms with Crippen LogP contribution in [0, 0.1) is 0 Å². The van der Waals surface area contributed by atoms with Gasteiger partial charge in [0.1, 0.15) is 0 Å². The molecule has 2 rings (SSSR count). The Bertz CT molecular complexity index is 408. The molecular weight excluding hydrogens is 272 g/mol. The summed E-state index contributed by atoms with van der Waals surface area (Å²) in [6.45, 7) is 6.79. The fraction of sp³-hybridized carbons (Fsp3) is 0.667. The highest BCUT2D eigenvalue weighted by Crippen LogP contribution is 2.14. The lowest BCUT2D eigenvalue weighted by Gasteiger charge is -2.27. The van der Waals surface area contributed by atoms with Crippen molar-refractivity contribution in [3.05, 3.63) is 22.4 Å². The van der Waals surface area contributed by atoms with Crippen molar-refractivity contribution in [3.8, 4) is 0 Å². The number of hydrogen-bond acceptors (Lipinski definition) is 5. The van der Waals surface area contributed by atoms with Crippen molar-refractivity contribution in [3.63, 3.8) is 0 Å². The van der Waals surface area contributed by atoms with Crippen LogP contribution in [0.25, 0.3) is 0 Å². The molecule has 0 unspecified atom stereocenters. The molecule has 112 valence electrons. The molecule has 1 aromatic rings. The lowest BCUT2D eigenvalue weighted by atomic mass is 10.1. The van der Waals surface area contributed by atoms with Gasteiger partial charge < -0.3 is 4.74 Å². The van der Waals surface area contributed by atoms with Gasteiger partial charge in [0.25, 0.3) is 0 Å². The molecule has 1 aliphatic heterocycles. The molecule has 1 aliphatic rings. The van der Waals surface area contributed by atoms with Crippen molar-refractivity contribution in [2.24, 2.45) is 0 Å². The minimum absolute atomic E-state index is 0.134. The van der Waals surface area contributed by atoms with Crippen molar-refractivity contribution in [2.75, 3.05) is 39.8 Å². The third-order valence-corrected chi connectivity index (χ3v) is 4.67. The van der Waals surface area contributed by atoms with Crippen molar-refractivity contribution in [1.29, 1.82) is 0 Å². The van der Waals surface area contributed by atoms with E-state index in [-0.39, 0.29) is 5.97 Å². The van der Waals surface area contributed by atoms with E-state index in [1.165, 1.54) is 12.7 Å². The number of carbonyl (C=O) groups is 1. The SMILES string of the molecule is COC(=O)CN1CCCN([C@H](C)Cc2ccsc2)CC1. The number of thiophene rings is 1. The molecule has 0 radical (unpaired) electrons. The number of methoxy groups -OCH3 is 1. The predicted octanol–water partition coefficient (Wildman–Crippen LogP) is 1.86. The summed E-state index contributed by atoms with van der Waals surface area (Å²) in [5, 5.41) is 4.38. The van der Waals surface area contributed by atoms with Gasteiger partial charge in [-0.3, -0.25) is 14.6 Å². The van der Waals surface area contributed by atoms with Crippen molar-refractivity contribution < 1.29 is 9.53 Å². The summed E-state index contributed by atoms with van der Waals surface area (Å²) in [4.78, 5) is 16.1. The summed E-state index contributed by atoms with van der Waals surface area (Å²) < 4.78 is 4.75. The van der Waals surface area contributed by atoms with Gasteiger partial charge in [-0.2, -0.15) is 11.3 Å². The first-order chi connectivity index (χ1) is 9.69. The number of carbonyl (C=O) groups excluding carboxylic acids is 1. The van der Waals surface area contributed by atoms with Gasteiger partial charge in [-0.1, -0.05) is 0 Å². The number of hydrogen-bond donors (Lipinski definition) is 0. The normalized spacial score (nSPS) is 19.5. The molecule has 1 fully saturated rings. The molecular formula is C15H24N2O2S. The first-order valence-electron chi connectivity index (χ1n) is 7.23. The van der Waals surface area contributed by atoms with E-state index in [1.54, 1.807) is 11.3 Å². The van der Waals surface area contributed by atoms with E-state index in [4.69, 9.17) is 4.74 Å². The van der Waals surface area contributed by atoms with Gasteiger partial charge in [-0.25, -0.2) is 0 Å². The number of rotatable bonds is 5. The van der Waals surface area contributed by atoms with Crippen LogP contribution in [-0.4, -0.2) is 61.6 Å². The van der Waals surface area contributed by atoms with Crippen LogP contribution in [0.15, 0.2) is 16.8 Å². The quantitative estimate of drug-likeness (QED) is 0.777. The van der Waals surface area contributed by atoms with Crippen LogP contribution in [0.2, 0.25) is 0 Å². The lowest BCUT2D eigenvalue weighted by molar-refractivity contribution is -0.141. The summed E-state index contributed by atoms with van der Waals surface area (Å²) in [5.74, 6) is -0.134. The van der Waals surface area contributed by atoms with Gasteiger partial charge in [0.2, 0.25) is 0 Å². The molecule has 0 spiro atoms. The maximum Gasteiger partial charge on any atom is 0.319 e. The van der Waals surface area contributed by atoms with Crippen molar-refractivity contribution >= 4 is 17.3 Å². The van der Waals surface area contributed by atoms with Gasteiger partial charge >= 0.3 is 5.97 Å². The number of ether oxygens (including phenoxy) is 1. The second kappa shape index (κ2) is 7.76. The molecule has 20 heavy (non-hydrogen) atoms. The van der Waals surface area contributed by atoms with Gasteiger partial charge in [0, 0.05) is 25.7 Å². The van der Waals surface area contributed by atoms with Crippen LogP contribution >= 0.6 is 11.3 Å². The summed E-state index contributed by atoms with van der Waals surface area (Å²) in [6.07, 6.45) is 2.23. The highest BCUT2D eigenvalue weighted by Gasteiger charge is 2.20. The molecule has 0 aliphatic carbocycles. The molecule has 0 N–H and O–H groups in total. The Morgan fingerprint density at radius 2 is 2.25 bits per heavy atom. The Morgan fingerprint density at radius 3 is 2.95 bits per heavy atom. The molecule has 1 saturated heterocycles. The van der Waals surface area contributed by atoms with E-state index in [0.717, 1.165) is 39.0 Å². The number of nitrogens with zero attached hydrogens (tertiary/aromatic N) is 2. The summed E-state index contributed by atoms with van der Waals surface area (Å²) in [5.41, 5.74) is 1.43. The van der Waals surface area contributed by atoms with Gasteiger partial charge in [0.05, 0.1) is 13.7 Å². The Labute approximate surface area is 125 Å². The molecule has 1 aromatic heterocycles. The average molecular weight is 296 g/mol. The molecule has 0 bridgehead atoms. The average Bonchev–Trinajstić information content (AvgIpc) is 2.83. The maximum absolute atomic E-state index is 11.3. The molecule has 2 heterocycles. The minimum Gasteiger partial charge on any atom is -0.468 e. The van der Waals surface area contributed by atoms with Crippen LogP contribution in [0.4, 0.5) is 0 Å². The van der Waals surface area contributed by atoms with Crippen LogP contribution < -0.4 is 0 Å². The highest BCUT2D eigenvalue weighted by molar-refractivity contribution is 7.07. The first kappa shape index (κ1) is 15.5. The van der Waals surface area contributed by atoms with E-state index in [0.29, 0.717) is 12.6 Å². The van der Waals surface area contributed by atoms with Gasteiger partial charge in [-0.15, -0.1) is 0 Å². The Kier molecular flexibility index (Phi) is 6.01. The summed E-state index contributed by atoms with van der Waals surface area (Å²) in [6, 6.07) is 2.77. The minimum atomic E-state index is -0.134. The third-order valence-electron chi connectivity index (χ3n) is 3.94. The van der Waals surface area contributed by atoms with Crippen LogP contribution in [0.3, 0.4) is 0 Å². The highest BCUT2D eigenvalue weighted by atomic mass is 32.1. The Balaban J connectivity index is 1.81. The zero-order valence-electron chi connectivity index (χ0n) is 12.4. The zero-order valence-corrected chi connectivity index (χ0v) is 13.2. The van der Waals surface area contributed by atoms with E-state index >= 15 is 0 Å². The fourth-order valence-electron chi connectivity index (χ4n) is 2.72. The van der Waals surface area contributed by atoms with Gasteiger partial charge in [0.15, 0.2) is 0 Å². The molecule has 4 nitrogen and oxygen atoms in total. The lowest BCUT2D eigenvalue weighted by Crippen LogP contribution is -2.38. The standard InChI is InChI=1S/C15H24N2O2S/c1-13(10-14-4-9-20-12-14)17-6-3-5-16(7-8-17)11-15(18)19-2/h4,9,12-13H,3,5-8,10-11H2,1-2H3/t13-/m1/s1. The fourth-order valence-corrected chi connectivity index (χ4v) is 3.40. The van der Waals surface area contributed by atoms with E-state index in [1.807, 2.05) is 0 Å². The smallest absolute Gasteiger partial charge is 0.319 e. The van der Waals surface area contributed by atoms with Crippen LogP contribution in [0.1, 0.15) is 18.9 Å². The summed E-state index contributed by atoms with van der Waals surface area (Å²) in [7, 11) is 1.45.